The van der Waals surface area contributed by atoms with Crippen molar-refractivity contribution in [3.05, 3.63) is 33.8 Å². The first-order valence-electron chi connectivity index (χ1n) is 7.46. The van der Waals surface area contributed by atoms with Gasteiger partial charge in [0.2, 0.25) is 0 Å². The summed E-state index contributed by atoms with van der Waals surface area (Å²) >= 11 is 12.5. The van der Waals surface area contributed by atoms with Crippen LogP contribution in [0.4, 0.5) is 0 Å². The molecule has 0 aliphatic rings. The van der Waals surface area contributed by atoms with Crippen LogP contribution >= 0.6 is 23.2 Å². The Morgan fingerprint density at radius 2 is 1.95 bits per heavy atom. The summed E-state index contributed by atoms with van der Waals surface area (Å²) in [5, 5.41) is 4.82. The van der Waals surface area contributed by atoms with Crippen LogP contribution < -0.4 is 5.32 Å². The van der Waals surface area contributed by atoms with Crippen LogP contribution in [-0.4, -0.2) is 31.6 Å². The third-order valence-corrected chi connectivity index (χ3v) is 4.33. The van der Waals surface area contributed by atoms with Crippen LogP contribution in [0.2, 0.25) is 10.0 Å². The van der Waals surface area contributed by atoms with Crippen molar-refractivity contribution in [3.63, 3.8) is 0 Å². The molecule has 0 aromatic heterocycles. The lowest BCUT2D eigenvalue weighted by Gasteiger charge is -2.23. The fraction of sp³-hybridized carbons (Fsp3) is 0.625. The van der Waals surface area contributed by atoms with Crippen LogP contribution in [0.1, 0.15) is 44.7 Å². The molecule has 1 aromatic rings. The van der Waals surface area contributed by atoms with Crippen molar-refractivity contribution in [2.75, 3.05) is 26.7 Å². The molecule has 2 nitrogen and oxygen atoms in total. The summed E-state index contributed by atoms with van der Waals surface area (Å²) in [6, 6.07) is 6.13. The molecule has 0 radical (unpaired) electrons. The second kappa shape index (κ2) is 9.62. The third-order valence-electron chi connectivity index (χ3n) is 3.50. The van der Waals surface area contributed by atoms with E-state index in [1.54, 1.807) is 0 Å². The fourth-order valence-electron chi connectivity index (χ4n) is 2.29. The first kappa shape index (κ1) is 17.8. The van der Waals surface area contributed by atoms with E-state index in [2.05, 4.69) is 37.2 Å². The first-order valence-corrected chi connectivity index (χ1v) is 8.21. The van der Waals surface area contributed by atoms with E-state index in [1.165, 1.54) is 12.8 Å². The largest absolute Gasteiger partial charge is 0.310 e. The fourth-order valence-corrected chi connectivity index (χ4v) is 2.73. The molecule has 4 heteroatoms. The Morgan fingerprint density at radius 1 is 1.20 bits per heavy atom. The van der Waals surface area contributed by atoms with Gasteiger partial charge in [0.15, 0.2) is 0 Å². The molecule has 1 aromatic carbocycles. The van der Waals surface area contributed by atoms with Crippen molar-refractivity contribution in [2.24, 2.45) is 0 Å². The number of rotatable bonds is 9. The Labute approximate surface area is 133 Å². The van der Waals surface area contributed by atoms with Gasteiger partial charge in [0.1, 0.15) is 0 Å². The predicted molar refractivity (Wildman–Crippen MR) is 89.9 cm³/mol. The summed E-state index contributed by atoms with van der Waals surface area (Å²) in [5.74, 6) is 0. The molecule has 0 heterocycles. The third kappa shape index (κ3) is 5.61. The zero-order chi connectivity index (χ0) is 15.0. The number of unbranched alkanes of at least 4 members (excludes halogenated alkanes) is 1. The molecule has 0 aliphatic heterocycles. The van der Waals surface area contributed by atoms with Gasteiger partial charge in [-0.15, -0.1) is 0 Å². The van der Waals surface area contributed by atoms with Gasteiger partial charge in [0.25, 0.3) is 0 Å². The van der Waals surface area contributed by atoms with Crippen molar-refractivity contribution in [3.8, 4) is 0 Å². The molecule has 1 N–H and O–H groups in total. The highest BCUT2D eigenvalue weighted by Gasteiger charge is 2.15. The Bertz CT molecular complexity index is 396. The maximum Gasteiger partial charge on any atom is 0.0640 e. The van der Waals surface area contributed by atoms with E-state index in [4.69, 9.17) is 23.2 Å². The Balaban J connectivity index is 2.66. The zero-order valence-electron chi connectivity index (χ0n) is 12.8. The van der Waals surface area contributed by atoms with Crippen LogP contribution in [0.3, 0.4) is 0 Å². The van der Waals surface area contributed by atoms with E-state index < -0.39 is 0 Å². The molecule has 0 saturated carbocycles. The number of hydrogen-bond donors (Lipinski definition) is 1. The zero-order valence-corrected chi connectivity index (χ0v) is 14.3. The number of nitrogens with one attached hydrogen (secondary N) is 1. The minimum Gasteiger partial charge on any atom is -0.310 e. The van der Waals surface area contributed by atoms with E-state index in [0.717, 1.165) is 31.6 Å². The van der Waals surface area contributed by atoms with Crippen LogP contribution in [0.15, 0.2) is 18.2 Å². The summed E-state index contributed by atoms with van der Waals surface area (Å²) in [6.45, 7) is 7.47. The Kier molecular flexibility index (Phi) is 8.55. The predicted octanol–water partition coefficient (Wildman–Crippen LogP) is 4.77. The molecule has 0 spiro atoms. The smallest absolute Gasteiger partial charge is 0.0640 e. The van der Waals surface area contributed by atoms with E-state index in [0.29, 0.717) is 10.0 Å². The summed E-state index contributed by atoms with van der Waals surface area (Å²) in [5.41, 5.74) is 1.10. The van der Waals surface area contributed by atoms with Gasteiger partial charge < -0.3 is 10.2 Å². The normalized spacial score (nSPS) is 12.9. The summed E-state index contributed by atoms with van der Waals surface area (Å²) < 4.78 is 0. The van der Waals surface area contributed by atoms with Crippen LogP contribution in [0.25, 0.3) is 0 Å². The average molecular weight is 317 g/mol. The molecular formula is C16H26Cl2N2. The Hall–Kier alpha value is -0.280. The molecule has 114 valence electrons. The van der Waals surface area contributed by atoms with E-state index in [-0.39, 0.29) is 6.04 Å². The van der Waals surface area contributed by atoms with Gasteiger partial charge in [-0.1, -0.05) is 55.6 Å². The van der Waals surface area contributed by atoms with Gasteiger partial charge in [-0.05, 0) is 51.2 Å². The number of nitrogens with zero attached hydrogens (tertiary/aromatic N) is 1. The van der Waals surface area contributed by atoms with E-state index >= 15 is 0 Å². The van der Waals surface area contributed by atoms with Crippen molar-refractivity contribution < 1.29 is 0 Å². The summed E-state index contributed by atoms with van der Waals surface area (Å²) in [7, 11) is 2.18. The van der Waals surface area contributed by atoms with Gasteiger partial charge >= 0.3 is 0 Å². The Morgan fingerprint density at radius 3 is 2.60 bits per heavy atom. The average Bonchev–Trinajstić information content (AvgIpc) is 2.44. The molecule has 1 rings (SSSR count). The van der Waals surface area contributed by atoms with Gasteiger partial charge in [-0.2, -0.15) is 0 Å². The highest BCUT2D eigenvalue weighted by atomic mass is 35.5. The number of benzene rings is 1. The molecule has 0 aliphatic carbocycles. The standard InChI is InChI=1S/C16H26Cl2N2/c1-4-6-11-20(3)12-10-15(19-5-2)13-8-7-9-14(17)16(13)18/h7-9,15,19H,4-6,10-12H2,1-3H3. The molecule has 0 fully saturated rings. The van der Waals surface area contributed by atoms with Crippen molar-refractivity contribution in [1.82, 2.24) is 10.2 Å². The van der Waals surface area contributed by atoms with Crippen molar-refractivity contribution in [2.45, 2.75) is 39.2 Å². The summed E-state index contributed by atoms with van der Waals surface area (Å²) in [6.07, 6.45) is 3.52. The highest BCUT2D eigenvalue weighted by Crippen LogP contribution is 2.31. The first-order chi connectivity index (χ1) is 9.60. The maximum absolute atomic E-state index is 6.34. The topological polar surface area (TPSA) is 15.3 Å². The van der Waals surface area contributed by atoms with Crippen LogP contribution in [0, 0.1) is 0 Å². The SMILES string of the molecule is CCCCN(C)CCC(NCC)c1cccc(Cl)c1Cl. The van der Waals surface area contributed by atoms with E-state index in [9.17, 15) is 0 Å². The molecule has 1 unspecified atom stereocenters. The maximum atomic E-state index is 6.34. The van der Waals surface area contributed by atoms with Crippen molar-refractivity contribution in [1.29, 1.82) is 0 Å². The molecule has 20 heavy (non-hydrogen) atoms. The molecule has 1 atom stereocenters. The van der Waals surface area contributed by atoms with Crippen molar-refractivity contribution >= 4 is 23.2 Å². The quantitative estimate of drug-likeness (QED) is 0.706. The number of hydrogen-bond acceptors (Lipinski definition) is 2. The second-order valence-electron chi connectivity index (χ2n) is 5.20. The molecule has 0 amide bonds. The molecular weight excluding hydrogens is 291 g/mol. The monoisotopic (exact) mass is 316 g/mol. The minimum atomic E-state index is 0.260. The number of halogens is 2. The summed E-state index contributed by atoms with van der Waals surface area (Å²) in [4.78, 5) is 2.38. The van der Waals surface area contributed by atoms with Gasteiger partial charge in [-0.3, -0.25) is 0 Å². The van der Waals surface area contributed by atoms with Crippen LogP contribution in [0.5, 0.6) is 0 Å². The lowest BCUT2D eigenvalue weighted by Crippen LogP contribution is -2.28. The molecule has 0 bridgehead atoms. The van der Waals surface area contributed by atoms with E-state index in [1.807, 2.05) is 12.1 Å². The van der Waals surface area contributed by atoms with Gasteiger partial charge in [0, 0.05) is 6.04 Å². The van der Waals surface area contributed by atoms with Gasteiger partial charge in [0.05, 0.1) is 10.0 Å². The lowest BCUT2D eigenvalue weighted by atomic mass is 10.0. The van der Waals surface area contributed by atoms with Gasteiger partial charge in [-0.25, -0.2) is 0 Å². The van der Waals surface area contributed by atoms with Crippen LogP contribution in [-0.2, 0) is 0 Å². The minimum absolute atomic E-state index is 0.260. The lowest BCUT2D eigenvalue weighted by molar-refractivity contribution is 0.303. The second-order valence-corrected chi connectivity index (χ2v) is 5.98. The molecule has 0 saturated heterocycles. The highest BCUT2D eigenvalue weighted by molar-refractivity contribution is 6.42.